The maximum atomic E-state index is 14.8. The molecule has 2 atom stereocenters. The molecule has 0 bridgehead atoms. The van der Waals surface area contributed by atoms with Crippen molar-refractivity contribution in [1.29, 1.82) is 0 Å². The lowest BCUT2D eigenvalue weighted by Gasteiger charge is -2.35. The van der Waals surface area contributed by atoms with Crippen LogP contribution in [0.1, 0.15) is 49.9 Å². The van der Waals surface area contributed by atoms with E-state index in [9.17, 15) is 27.6 Å². The molecular weight excluding hydrogens is 453 g/mol. The summed E-state index contributed by atoms with van der Waals surface area (Å²) in [6.45, 7) is 3.89. The second-order valence-electron chi connectivity index (χ2n) is 9.75. The normalized spacial score (nSPS) is 26.6. The van der Waals surface area contributed by atoms with Crippen LogP contribution in [-0.2, 0) is 14.3 Å². The Morgan fingerprint density at radius 2 is 2.00 bits per heavy atom. The lowest BCUT2D eigenvalue weighted by Crippen LogP contribution is -2.66. The van der Waals surface area contributed by atoms with Crippen LogP contribution in [0, 0.1) is 5.41 Å². The Bertz CT molecular complexity index is 1060. The van der Waals surface area contributed by atoms with Gasteiger partial charge in [0.1, 0.15) is 5.75 Å². The van der Waals surface area contributed by atoms with E-state index >= 15 is 0 Å². The number of hydrogen-bond acceptors (Lipinski definition) is 5. The summed E-state index contributed by atoms with van der Waals surface area (Å²) in [6, 6.07) is 5.57. The quantitative estimate of drug-likeness (QED) is 0.699. The summed E-state index contributed by atoms with van der Waals surface area (Å²) in [5.41, 5.74) is -4.89. The number of methoxy groups -OCH3 is 1. The number of alkyl halides is 3. The van der Waals surface area contributed by atoms with Gasteiger partial charge in [-0.15, -0.1) is 0 Å². The fraction of sp³-hybridized carbons (Fsp3) is 0.542. The Hall–Kier alpha value is -2.88. The zero-order valence-electron chi connectivity index (χ0n) is 19.3. The van der Waals surface area contributed by atoms with Crippen LogP contribution >= 0.6 is 0 Å². The first kappa shape index (κ1) is 24.3. The third-order valence-corrected chi connectivity index (χ3v) is 6.59. The number of carbonyl (C=O) groups is 3. The Morgan fingerprint density at radius 1 is 1.26 bits per heavy atom. The van der Waals surface area contributed by atoms with E-state index in [4.69, 9.17) is 9.47 Å². The van der Waals surface area contributed by atoms with Crippen molar-refractivity contribution >= 4 is 17.6 Å². The van der Waals surface area contributed by atoms with Crippen LogP contribution in [0.15, 0.2) is 35.5 Å². The van der Waals surface area contributed by atoms with E-state index in [1.807, 2.05) is 5.32 Å². The van der Waals surface area contributed by atoms with E-state index in [-0.39, 0.29) is 36.4 Å². The highest BCUT2D eigenvalue weighted by molar-refractivity contribution is 6.14. The Balaban J connectivity index is 1.83. The fourth-order valence-electron chi connectivity index (χ4n) is 5.02. The molecule has 10 heteroatoms. The molecule has 34 heavy (non-hydrogen) atoms. The molecule has 1 aliphatic carbocycles. The molecular formula is C24H27F3N2O5. The average molecular weight is 480 g/mol. The monoisotopic (exact) mass is 480 g/mol. The van der Waals surface area contributed by atoms with Crippen LogP contribution in [-0.4, -0.2) is 60.6 Å². The van der Waals surface area contributed by atoms with Gasteiger partial charge in [-0.25, -0.2) is 0 Å². The molecule has 2 amide bonds. The van der Waals surface area contributed by atoms with Gasteiger partial charge in [-0.3, -0.25) is 14.4 Å². The van der Waals surface area contributed by atoms with Gasteiger partial charge in [0.2, 0.25) is 5.54 Å². The van der Waals surface area contributed by atoms with Crippen molar-refractivity contribution < 1.29 is 37.0 Å². The molecule has 0 radical (unpaired) electrons. The van der Waals surface area contributed by atoms with Gasteiger partial charge < -0.3 is 19.7 Å². The van der Waals surface area contributed by atoms with Crippen LogP contribution < -0.4 is 10.1 Å². The van der Waals surface area contributed by atoms with Crippen molar-refractivity contribution in [3.8, 4) is 5.75 Å². The highest BCUT2D eigenvalue weighted by Crippen LogP contribution is 2.52. The summed E-state index contributed by atoms with van der Waals surface area (Å²) in [4.78, 5) is 40.8. The van der Waals surface area contributed by atoms with E-state index in [0.717, 1.165) is 11.3 Å². The van der Waals surface area contributed by atoms with E-state index in [0.29, 0.717) is 13.0 Å². The second kappa shape index (κ2) is 8.41. The largest absolute Gasteiger partial charge is 0.497 e. The number of amides is 2. The van der Waals surface area contributed by atoms with Crippen molar-refractivity contribution in [3.63, 3.8) is 0 Å². The number of allylic oxidation sites excluding steroid dienone is 1. The van der Waals surface area contributed by atoms with Crippen LogP contribution in [0.4, 0.5) is 13.2 Å². The summed E-state index contributed by atoms with van der Waals surface area (Å²) in [5.74, 6) is -3.03. The van der Waals surface area contributed by atoms with E-state index in [1.165, 1.54) is 31.4 Å². The number of rotatable bonds is 5. The van der Waals surface area contributed by atoms with Crippen LogP contribution in [0.5, 0.6) is 5.75 Å². The average Bonchev–Trinajstić information content (AvgIpc) is 3.34. The number of nitrogens with one attached hydrogen (secondary N) is 1. The first-order valence-corrected chi connectivity index (χ1v) is 11.1. The third kappa shape index (κ3) is 3.97. The standard InChI is InChI=1S/C24H27F3N2O5/c1-22(2)11-17-19(18(30)12-22)23(24(25,26)27,21(32)29(17)13-16-8-5-9-34-16)28-20(31)14-6-4-7-15(10-14)33-3/h4,6-7,10,16H,5,8-9,11-13H2,1-3H3,(H,28,31)/t16-,23-/m1/s1. The van der Waals surface area contributed by atoms with E-state index < -0.39 is 46.4 Å². The van der Waals surface area contributed by atoms with Crippen LogP contribution in [0.3, 0.4) is 0 Å². The molecule has 184 valence electrons. The zero-order chi connectivity index (χ0) is 24.9. The van der Waals surface area contributed by atoms with Gasteiger partial charge in [0.25, 0.3) is 11.8 Å². The molecule has 2 heterocycles. The number of nitrogens with zero attached hydrogens (tertiary/aromatic N) is 1. The highest BCUT2D eigenvalue weighted by Gasteiger charge is 2.71. The molecule has 0 aromatic heterocycles. The number of carbonyl (C=O) groups excluding carboxylic acids is 3. The maximum absolute atomic E-state index is 14.8. The summed E-state index contributed by atoms with van der Waals surface area (Å²) in [7, 11) is 1.36. The molecule has 1 aromatic rings. The van der Waals surface area contributed by atoms with Crippen molar-refractivity contribution in [2.24, 2.45) is 5.41 Å². The summed E-state index contributed by atoms with van der Waals surface area (Å²) >= 11 is 0. The van der Waals surface area contributed by atoms with E-state index in [2.05, 4.69) is 0 Å². The molecule has 3 aliphatic rings. The number of Topliss-reactive ketones (excluding diaryl/α,β-unsaturated/α-hetero) is 1. The van der Waals surface area contributed by atoms with Crippen molar-refractivity contribution in [3.05, 3.63) is 41.1 Å². The number of ether oxygens (including phenoxy) is 2. The minimum atomic E-state index is -5.25. The lowest BCUT2D eigenvalue weighted by atomic mass is 9.72. The van der Waals surface area contributed by atoms with Gasteiger partial charge in [-0.05, 0) is 42.9 Å². The minimum absolute atomic E-state index is 0.0185. The summed E-state index contributed by atoms with van der Waals surface area (Å²) in [6.07, 6.45) is -4.42. The molecule has 0 unspecified atom stereocenters. The first-order valence-electron chi connectivity index (χ1n) is 11.1. The van der Waals surface area contributed by atoms with Gasteiger partial charge in [0, 0.05) is 24.3 Å². The van der Waals surface area contributed by atoms with Gasteiger partial charge in [-0.2, -0.15) is 13.2 Å². The van der Waals surface area contributed by atoms with Gasteiger partial charge in [-0.1, -0.05) is 19.9 Å². The van der Waals surface area contributed by atoms with Gasteiger partial charge in [0.05, 0.1) is 25.3 Å². The summed E-state index contributed by atoms with van der Waals surface area (Å²) < 4.78 is 55.0. The predicted octanol–water partition coefficient (Wildman–Crippen LogP) is 3.39. The molecule has 1 saturated heterocycles. The SMILES string of the molecule is COc1cccc(C(=O)N[C@@]2(C(F)(F)F)C(=O)N(C[C@H]3CCCO3)C3=C2C(=O)CC(C)(C)C3)c1. The molecule has 2 aliphatic heterocycles. The third-order valence-electron chi connectivity index (χ3n) is 6.59. The molecule has 1 aromatic carbocycles. The number of benzene rings is 1. The molecule has 1 fully saturated rings. The number of hydrogen-bond donors (Lipinski definition) is 1. The van der Waals surface area contributed by atoms with Crippen molar-refractivity contribution in [2.45, 2.75) is 57.3 Å². The zero-order valence-corrected chi connectivity index (χ0v) is 19.3. The Labute approximate surface area is 195 Å². The Morgan fingerprint density at radius 3 is 2.62 bits per heavy atom. The fourth-order valence-corrected chi connectivity index (χ4v) is 5.02. The van der Waals surface area contributed by atoms with Crippen molar-refractivity contribution in [2.75, 3.05) is 20.3 Å². The van der Waals surface area contributed by atoms with Crippen LogP contribution in [0.2, 0.25) is 0 Å². The van der Waals surface area contributed by atoms with Gasteiger partial charge >= 0.3 is 6.18 Å². The van der Waals surface area contributed by atoms with Gasteiger partial charge in [0.15, 0.2) is 5.78 Å². The highest BCUT2D eigenvalue weighted by atomic mass is 19.4. The first-order chi connectivity index (χ1) is 15.9. The molecule has 4 rings (SSSR count). The van der Waals surface area contributed by atoms with Crippen molar-refractivity contribution in [1.82, 2.24) is 10.2 Å². The maximum Gasteiger partial charge on any atom is 0.425 e. The second-order valence-corrected chi connectivity index (χ2v) is 9.75. The predicted molar refractivity (Wildman–Crippen MR) is 115 cm³/mol. The molecule has 0 saturated carbocycles. The molecule has 7 nitrogen and oxygen atoms in total. The number of halogens is 3. The summed E-state index contributed by atoms with van der Waals surface area (Å²) in [5, 5.41) is 1.93. The molecule has 1 N–H and O–H groups in total. The number of ketones is 1. The Kier molecular flexibility index (Phi) is 6.00. The molecule has 0 spiro atoms. The minimum Gasteiger partial charge on any atom is -0.497 e. The smallest absolute Gasteiger partial charge is 0.425 e. The van der Waals surface area contributed by atoms with E-state index in [1.54, 1.807) is 13.8 Å². The lowest BCUT2D eigenvalue weighted by molar-refractivity contribution is -0.191. The topological polar surface area (TPSA) is 84.9 Å². The van der Waals surface area contributed by atoms with Crippen LogP contribution in [0.25, 0.3) is 0 Å².